The van der Waals surface area contributed by atoms with Crippen molar-refractivity contribution in [3.05, 3.63) is 94.5 Å². The van der Waals surface area contributed by atoms with E-state index in [0.29, 0.717) is 54.6 Å². The molecule has 1 aliphatic heterocycles. The minimum Gasteiger partial charge on any atom is -0.390 e. The molecule has 1 aliphatic rings. The number of carbonyl (C=O) groups excluding carboxylic acids is 1. The summed E-state index contributed by atoms with van der Waals surface area (Å²) in [5, 5.41) is 21.5. The summed E-state index contributed by atoms with van der Waals surface area (Å²) in [5.74, 6) is -0.0197. The van der Waals surface area contributed by atoms with E-state index in [1.54, 1.807) is 16.4 Å². The summed E-state index contributed by atoms with van der Waals surface area (Å²) in [4.78, 5) is 13.6. The first-order chi connectivity index (χ1) is 19.7. The molecule has 0 unspecified atom stereocenters. The first kappa shape index (κ1) is 34.0. The second-order valence-electron chi connectivity index (χ2n) is 10.4. The maximum absolute atomic E-state index is 13.6. The van der Waals surface area contributed by atoms with E-state index in [2.05, 4.69) is 16.0 Å². The molecule has 1 fully saturated rings. The predicted octanol–water partition coefficient (Wildman–Crippen LogP) is 5.99. The van der Waals surface area contributed by atoms with Gasteiger partial charge in [-0.25, -0.2) is 0 Å². The Balaban J connectivity index is 0.00000484. The molecule has 230 valence electrons. The molecule has 0 spiro atoms. The monoisotopic (exact) mass is 636 g/mol. The van der Waals surface area contributed by atoms with Gasteiger partial charge in [0.1, 0.15) is 0 Å². The highest BCUT2D eigenvalue weighted by molar-refractivity contribution is 8.25. The molecule has 8 nitrogen and oxygen atoms in total. The average Bonchev–Trinajstić information content (AvgIpc) is 2.95. The number of carbonyl (C=O) groups is 1. The van der Waals surface area contributed by atoms with E-state index in [9.17, 15) is 19.0 Å². The van der Waals surface area contributed by atoms with Gasteiger partial charge in [0.15, 0.2) is 0 Å². The van der Waals surface area contributed by atoms with Gasteiger partial charge in [-0.2, -0.15) is 0 Å². The molecule has 0 aliphatic carbocycles. The van der Waals surface area contributed by atoms with Crippen LogP contribution >= 0.6 is 34.8 Å². The topological polar surface area (TPSA) is 117 Å². The highest BCUT2D eigenvalue weighted by Crippen LogP contribution is 2.50. The van der Waals surface area contributed by atoms with Crippen molar-refractivity contribution in [2.24, 2.45) is 0 Å². The van der Waals surface area contributed by atoms with E-state index in [4.69, 9.17) is 11.6 Å². The Morgan fingerprint density at radius 3 is 2.50 bits per heavy atom. The minimum absolute atomic E-state index is 0. The maximum atomic E-state index is 13.6. The van der Waals surface area contributed by atoms with Crippen molar-refractivity contribution in [1.29, 1.82) is 0 Å². The molecule has 1 amide bonds. The molecule has 1 heterocycles. The van der Waals surface area contributed by atoms with Crippen LogP contribution in [0.4, 0.5) is 11.4 Å². The molecule has 0 bridgehead atoms. The van der Waals surface area contributed by atoms with Crippen molar-refractivity contribution in [3.8, 4) is 0 Å². The molecule has 6 N–H and O–H groups in total. The van der Waals surface area contributed by atoms with Gasteiger partial charge in [-0.1, -0.05) is 54.1 Å². The Hall–Kier alpha value is -2.50. The van der Waals surface area contributed by atoms with Crippen LogP contribution in [0.2, 0.25) is 5.02 Å². The molecule has 4 rings (SSSR count). The van der Waals surface area contributed by atoms with E-state index in [1.807, 2.05) is 67.6 Å². The molecule has 3 aromatic rings. The third kappa shape index (κ3) is 9.77. The van der Waals surface area contributed by atoms with Gasteiger partial charge in [0.25, 0.3) is 5.91 Å². The van der Waals surface area contributed by atoms with Gasteiger partial charge in [0, 0.05) is 35.9 Å². The van der Waals surface area contributed by atoms with E-state index < -0.39 is 22.9 Å². The standard InChI is InChI=1S/C31H41ClN4O4S.ClH/c1-2-34-27-19-25(20-28(21-27)36-15-6-7-16-41(36,39)40)31(38)35-29(18-23-9-4-3-5-10-23)30(37)22-33-14-13-24-11-8-12-26(32)17-24;/h3-5,8-12,17,19-21,29-30,33-34,37,39-40H,2,6-7,13-16,18,22H2,1H3,(H,35,38);1H/t29-,30+;/m0./s1. The van der Waals surface area contributed by atoms with Crippen molar-refractivity contribution < 1.29 is 19.0 Å². The fourth-order valence-corrected chi connectivity index (χ4v) is 6.91. The molecule has 3 aromatic carbocycles. The van der Waals surface area contributed by atoms with Gasteiger partial charge in [-0.05, 0) is 80.6 Å². The van der Waals surface area contributed by atoms with Crippen LogP contribution < -0.4 is 20.3 Å². The van der Waals surface area contributed by atoms with Crippen LogP contribution in [0.5, 0.6) is 0 Å². The summed E-state index contributed by atoms with van der Waals surface area (Å²) < 4.78 is 23.0. The number of nitrogens with one attached hydrogen (secondary N) is 3. The third-order valence-corrected chi connectivity index (χ3v) is 9.31. The summed E-state index contributed by atoms with van der Waals surface area (Å²) in [6.07, 6.45) is 1.97. The van der Waals surface area contributed by atoms with Crippen molar-refractivity contribution in [1.82, 2.24) is 10.6 Å². The molecule has 11 heteroatoms. The zero-order valence-electron chi connectivity index (χ0n) is 23.8. The highest BCUT2D eigenvalue weighted by Gasteiger charge is 2.28. The van der Waals surface area contributed by atoms with Gasteiger partial charge in [-0.15, -0.1) is 23.2 Å². The van der Waals surface area contributed by atoms with Gasteiger partial charge in [0.05, 0.1) is 23.6 Å². The second kappa shape index (κ2) is 16.4. The van der Waals surface area contributed by atoms with Gasteiger partial charge in [-0.3, -0.25) is 18.2 Å². The number of hydrogen-bond acceptors (Lipinski definition) is 7. The third-order valence-electron chi connectivity index (χ3n) is 7.14. The smallest absolute Gasteiger partial charge is 0.251 e. The number of hydrogen-bond donors (Lipinski definition) is 6. The van der Waals surface area contributed by atoms with Gasteiger partial charge in [0.2, 0.25) is 0 Å². The highest BCUT2D eigenvalue weighted by atomic mass is 35.5. The van der Waals surface area contributed by atoms with Crippen molar-refractivity contribution in [2.45, 2.75) is 44.8 Å². The van der Waals surface area contributed by atoms with Gasteiger partial charge >= 0.3 is 0 Å². The number of aliphatic hydroxyl groups excluding tert-OH is 1. The Kier molecular flexibility index (Phi) is 13.3. The summed E-state index contributed by atoms with van der Waals surface area (Å²) in [5.41, 5.74) is 3.81. The number of nitrogens with zero attached hydrogens (tertiary/aromatic N) is 1. The molecule has 1 saturated heterocycles. The van der Waals surface area contributed by atoms with Crippen molar-refractivity contribution in [2.75, 3.05) is 41.6 Å². The molecule has 2 atom stereocenters. The van der Waals surface area contributed by atoms with Crippen LogP contribution in [0.1, 0.15) is 41.3 Å². The second-order valence-corrected chi connectivity index (χ2v) is 12.9. The minimum atomic E-state index is -2.95. The maximum Gasteiger partial charge on any atom is 0.251 e. The largest absolute Gasteiger partial charge is 0.390 e. The number of amides is 1. The number of anilines is 2. The lowest BCUT2D eigenvalue weighted by atomic mass is 10.00. The van der Waals surface area contributed by atoms with E-state index in [0.717, 1.165) is 36.1 Å². The fraction of sp³-hybridized carbons (Fsp3) is 0.387. The molecule has 42 heavy (non-hydrogen) atoms. The van der Waals surface area contributed by atoms with Crippen molar-refractivity contribution >= 4 is 52.1 Å². The van der Waals surface area contributed by atoms with Crippen LogP contribution in [-0.4, -0.2) is 64.2 Å². The van der Waals surface area contributed by atoms with Crippen LogP contribution in [0.3, 0.4) is 0 Å². The first-order valence-electron chi connectivity index (χ1n) is 14.2. The first-order valence-corrected chi connectivity index (χ1v) is 16.2. The zero-order valence-corrected chi connectivity index (χ0v) is 26.2. The van der Waals surface area contributed by atoms with E-state index >= 15 is 0 Å². The number of halogens is 2. The van der Waals surface area contributed by atoms with Crippen LogP contribution in [0.15, 0.2) is 72.8 Å². The number of aliphatic hydroxyl groups is 1. The molecule has 0 radical (unpaired) electrons. The Morgan fingerprint density at radius 2 is 1.79 bits per heavy atom. The van der Waals surface area contributed by atoms with Crippen LogP contribution in [0.25, 0.3) is 0 Å². The molecule has 0 saturated carbocycles. The summed E-state index contributed by atoms with van der Waals surface area (Å²) in [6.45, 7) is 4.08. The van der Waals surface area contributed by atoms with Crippen LogP contribution in [0, 0.1) is 0 Å². The SMILES string of the molecule is CCNc1cc(C(=O)N[C@@H](Cc2ccccc2)[C@H](O)CNCCc2cccc(Cl)c2)cc(N2CCCCS2(O)O)c1.Cl. The fourth-order valence-electron chi connectivity index (χ4n) is 5.02. The Labute approximate surface area is 261 Å². The Morgan fingerprint density at radius 1 is 1.02 bits per heavy atom. The summed E-state index contributed by atoms with van der Waals surface area (Å²) in [7, 11) is -2.95. The quantitative estimate of drug-likeness (QED) is 0.128. The van der Waals surface area contributed by atoms with E-state index in [-0.39, 0.29) is 18.3 Å². The Bertz CT molecular complexity index is 1280. The lowest BCUT2D eigenvalue weighted by molar-refractivity contribution is 0.0831. The van der Waals surface area contributed by atoms with Crippen molar-refractivity contribution in [3.63, 3.8) is 0 Å². The van der Waals surface area contributed by atoms with E-state index in [1.165, 1.54) is 0 Å². The number of rotatable bonds is 13. The number of benzene rings is 3. The molecular formula is C31H42Cl2N4O4S. The lowest BCUT2D eigenvalue weighted by Gasteiger charge is -2.47. The summed E-state index contributed by atoms with van der Waals surface area (Å²) in [6, 6.07) is 22.2. The lowest BCUT2D eigenvalue weighted by Crippen LogP contribution is -2.49. The molecule has 0 aromatic heterocycles. The summed E-state index contributed by atoms with van der Waals surface area (Å²) >= 11 is 6.09. The normalized spacial score (nSPS) is 16.5. The molecular weight excluding hydrogens is 595 g/mol. The zero-order chi connectivity index (χ0) is 29.2. The average molecular weight is 638 g/mol. The van der Waals surface area contributed by atoms with Gasteiger partial charge < -0.3 is 21.1 Å². The predicted molar refractivity (Wildman–Crippen MR) is 178 cm³/mol. The van der Waals surface area contributed by atoms with Crippen LogP contribution in [-0.2, 0) is 12.8 Å².